The van der Waals surface area contributed by atoms with Crippen LogP contribution in [0.5, 0.6) is 0 Å². The molecule has 3 heteroatoms. The first-order valence-electron chi connectivity index (χ1n) is 11.4. The number of hydrogen-bond acceptors (Lipinski definition) is 2. The minimum atomic E-state index is 0.646. The predicted octanol–water partition coefficient (Wildman–Crippen LogP) is 8.26. The Kier molecular flexibility index (Phi) is 4.15. The lowest BCUT2D eigenvalue weighted by Crippen LogP contribution is -1.93. The largest absolute Gasteiger partial charge is 0.436 e. The van der Waals surface area contributed by atoms with Crippen LogP contribution in [0, 0.1) is 0 Å². The summed E-state index contributed by atoms with van der Waals surface area (Å²) in [5.74, 6) is 0.646. The van der Waals surface area contributed by atoms with E-state index < -0.39 is 0 Å². The van der Waals surface area contributed by atoms with Crippen molar-refractivity contribution >= 4 is 32.9 Å². The van der Waals surface area contributed by atoms with E-state index in [1.165, 1.54) is 27.4 Å². The Morgan fingerprint density at radius 1 is 0.529 bits per heavy atom. The number of rotatable bonds is 3. The molecule has 0 aliphatic rings. The lowest BCUT2D eigenvalue weighted by molar-refractivity contribution is 0.620. The highest BCUT2D eigenvalue weighted by Gasteiger charge is 2.15. The Labute approximate surface area is 196 Å². The number of oxazole rings is 1. The van der Waals surface area contributed by atoms with Crippen molar-refractivity contribution in [3.63, 3.8) is 0 Å². The first kappa shape index (κ1) is 18.9. The van der Waals surface area contributed by atoms with Crippen molar-refractivity contribution in [1.82, 2.24) is 9.55 Å². The Morgan fingerprint density at radius 3 is 2.06 bits per heavy atom. The Balaban J connectivity index is 1.40. The van der Waals surface area contributed by atoms with Crippen LogP contribution >= 0.6 is 0 Å². The highest BCUT2D eigenvalue weighted by molar-refractivity contribution is 6.10. The summed E-state index contributed by atoms with van der Waals surface area (Å²) in [6.07, 6.45) is 0. The topological polar surface area (TPSA) is 31.0 Å². The highest BCUT2D eigenvalue weighted by Crippen LogP contribution is 2.35. The molecule has 0 atom stereocenters. The third-order valence-electron chi connectivity index (χ3n) is 6.45. The van der Waals surface area contributed by atoms with Crippen molar-refractivity contribution in [3.05, 3.63) is 121 Å². The van der Waals surface area contributed by atoms with Gasteiger partial charge in [0.05, 0.1) is 11.0 Å². The Hall–Kier alpha value is -4.63. The zero-order chi connectivity index (χ0) is 22.5. The molecule has 34 heavy (non-hydrogen) atoms. The number of hydrogen-bond donors (Lipinski definition) is 0. The van der Waals surface area contributed by atoms with E-state index in [0.29, 0.717) is 5.89 Å². The molecule has 0 saturated carbocycles. The molecule has 0 aliphatic heterocycles. The maximum absolute atomic E-state index is 6.04. The summed E-state index contributed by atoms with van der Waals surface area (Å²) in [5, 5.41) is 2.39. The summed E-state index contributed by atoms with van der Waals surface area (Å²) in [7, 11) is 0. The third kappa shape index (κ3) is 2.95. The molecule has 7 aromatic rings. The Morgan fingerprint density at radius 2 is 1.21 bits per heavy atom. The lowest BCUT2D eigenvalue weighted by Gasteiger charge is -2.09. The maximum Gasteiger partial charge on any atom is 0.227 e. The summed E-state index contributed by atoms with van der Waals surface area (Å²) in [6.45, 7) is 0. The molecule has 0 saturated heterocycles. The van der Waals surface area contributed by atoms with Gasteiger partial charge in [0.2, 0.25) is 5.89 Å². The quantitative estimate of drug-likeness (QED) is 0.279. The van der Waals surface area contributed by atoms with E-state index in [9.17, 15) is 0 Å². The van der Waals surface area contributed by atoms with Gasteiger partial charge in [-0.1, -0.05) is 72.8 Å². The van der Waals surface area contributed by atoms with E-state index in [1.54, 1.807) is 0 Å². The molecule has 0 fully saturated rings. The zero-order valence-corrected chi connectivity index (χ0v) is 18.3. The van der Waals surface area contributed by atoms with Crippen LogP contribution in [-0.2, 0) is 0 Å². The molecule has 0 N–H and O–H groups in total. The molecular weight excluding hydrogens is 416 g/mol. The monoisotopic (exact) mass is 436 g/mol. The van der Waals surface area contributed by atoms with Crippen LogP contribution in [0.25, 0.3) is 61.2 Å². The SMILES string of the molecule is c1ccc(-c2ccc(-n3c4ccccc4c4cc(-c5nc6ccccc6o5)ccc43)cc2)cc1. The first-order chi connectivity index (χ1) is 16.8. The fourth-order valence-electron chi connectivity index (χ4n) is 4.81. The molecule has 160 valence electrons. The fraction of sp³-hybridized carbons (Fsp3) is 0. The van der Waals surface area contributed by atoms with E-state index in [0.717, 1.165) is 27.9 Å². The summed E-state index contributed by atoms with van der Waals surface area (Å²) in [4.78, 5) is 4.70. The van der Waals surface area contributed by atoms with Crippen LogP contribution in [0.2, 0.25) is 0 Å². The molecular formula is C31H20N2O. The van der Waals surface area contributed by atoms with Crippen molar-refractivity contribution in [3.8, 4) is 28.3 Å². The average Bonchev–Trinajstić information content (AvgIpc) is 3.48. The van der Waals surface area contributed by atoms with Gasteiger partial charge in [-0.15, -0.1) is 0 Å². The van der Waals surface area contributed by atoms with Crippen LogP contribution in [0.3, 0.4) is 0 Å². The number of aromatic nitrogens is 2. The summed E-state index contributed by atoms with van der Waals surface area (Å²) >= 11 is 0. The number of benzene rings is 5. The van der Waals surface area contributed by atoms with Gasteiger partial charge in [0, 0.05) is 22.0 Å². The van der Waals surface area contributed by atoms with Gasteiger partial charge in [0.15, 0.2) is 5.58 Å². The number of fused-ring (bicyclic) bond motifs is 4. The molecule has 7 rings (SSSR count). The predicted molar refractivity (Wildman–Crippen MR) is 139 cm³/mol. The van der Waals surface area contributed by atoms with E-state index in [-0.39, 0.29) is 0 Å². The minimum Gasteiger partial charge on any atom is -0.436 e. The zero-order valence-electron chi connectivity index (χ0n) is 18.3. The smallest absolute Gasteiger partial charge is 0.227 e. The van der Waals surface area contributed by atoms with Gasteiger partial charge < -0.3 is 8.98 Å². The molecule has 0 bridgehead atoms. The molecule has 0 unspecified atom stereocenters. The molecule has 0 spiro atoms. The average molecular weight is 437 g/mol. The van der Waals surface area contributed by atoms with Crippen molar-refractivity contribution < 1.29 is 4.42 Å². The van der Waals surface area contributed by atoms with Crippen molar-refractivity contribution in [1.29, 1.82) is 0 Å². The fourth-order valence-corrected chi connectivity index (χ4v) is 4.81. The van der Waals surface area contributed by atoms with Gasteiger partial charge >= 0.3 is 0 Å². The van der Waals surface area contributed by atoms with E-state index >= 15 is 0 Å². The van der Waals surface area contributed by atoms with Crippen molar-refractivity contribution in [2.45, 2.75) is 0 Å². The summed E-state index contributed by atoms with van der Waals surface area (Å²) < 4.78 is 8.37. The van der Waals surface area contributed by atoms with Gasteiger partial charge in [-0.2, -0.15) is 0 Å². The van der Waals surface area contributed by atoms with Gasteiger partial charge in [0.25, 0.3) is 0 Å². The van der Waals surface area contributed by atoms with Crippen molar-refractivity contribution in [2.75, 3.05) is 0 Å². The number of para-hydroxylation sites is 3. The lowest BCUT2D eigenvalue weighted by atomic mass is 10.1. The van der Waals surface area contributed by atoms with E-state index in [4.69, 9.17) is 9.40 Å². The second-order valence-corrected chi connectivity index (χ2v) is 8.48. The van der Waals surface area contributed by atoms with Gasteiger partial charge in [-0.05, 0) is 59.7 Å². The maximum atomic E-state index is 6.04. The summed E-state index contributed by atoms with van der Waals surface area (Å²) in [6, 6.07) is 42.2. The van der Waals surface area contributed by atoms with Crippen LogP contribution in [0.15, 0.2) is 126 Å². The minimum absolute atomic E-state index is 0.646. The second-order valence-electron chi connectivity index (χ2n) is 8.48. The molecule has 2 aromatic heterocycles. The standard InChI is InChI=1S/C31H20N2O/c1-2-8-21(9-3-1)22-14-17-24(18-15-22)33-28-12-6-4-10-25(28)26-20-23(16-19-29(26)33)31-32-27-11-5-7-13-30(27)34-31/h1-20H. The second kappa shape index (κ2) is 7.46. The van der Waals surface area contributed by atoms with Crippen LogP contribution in [-0.4, -0.2) is 9.55 Å². The molecule has 0 aliphatic carbocycles. The van der Waals surface area contributed by atoms with E-state index in [2.05, 4.69) is 95.6 Å². The first-order valence-corrected chi connectivity index (χ1v) is 11.4. The van der Waals surface area contributed by atoms with Crippen LogP contribution in [0.4, 0.5) is 0 Å². The number of nitrogens with zero attached hydrogens (tertiary/aromatic N) is 2. The molecule has 3 nitrogen and oxygen atoms in total. The Bertz CT molecular complexity index is 1760. The molecule has 0 amide bonds. The van der Waals surface area contributed by atoms with E-state index in [1.807, 2.05) is 30.3 Å². The summed E-state index contributed by atoms with van der Waals surface area (Å²) in [5.41, 5.74) is 8.57. The van der Waals surface area contributed by atoms with Gasteiger partial charge in [-0.25, -0.2) is 4.98 Å². The molecule has 5 aromatic carbocycles. The normalized spacial score (nSPS) is 11.5. The van der Waals surface area contributed by atoms with Crippen molar-refractivity contribution in [2.24, 2.45) is 0 Å². The molecule has 2 heterocycles. The molecule has 0 radical (unpaired) electrons. The van der Waals surface area contributed by atoms with Gasteiger partial charge in [-0.3, -0.25) is 0 Å². The highest BCUT2D eigenvalue weighted by atomic mass is 16.3. The third-order valence-corrected chi connectivity index (χ3v) is 6.45. The van der Waals surface area contributed by atoms with Crippen LogP contribution in [0.1, 0.15) is 0 Å². The van der Waals surface area contributed by atoms with Gasteiger partial charge in [0.1, 0.15) is 5.52 Å². The van der Waals surface area contributed by atoms with Crippen LogP contribution < -0.4 is 0 Å².